The van der Waals surface area contributed by atoms with E-state index in [1.54, 1.807) is 0 Å². The number of ether oxygens (including phenoxy) is 4. The number of hydrogen-bond acceptors (Lipinski definition) is 15. The number of rotatable bonds is 84. The molecule has 0 saturated heterocycles. The molecule has 0 aromatic rings. The summed E-state index contributed by atoms with van der Waals surface area (Å²) in [6, 6.07) is 0. The Balaban J connectivity index is 5.23. The van der Waals surface area contributed by atoms with Crippen LogP contribution in [0.1, 0.15) is 453 Å². The second kappa shape index (κ2) is 75.7. The molecule has 0 saturated carbocycles. The van der Waals surface area contributed by atoms with E-state index in [1.165, 1.54) is 250 Å². The fourth-order valence-corrected chi connectivity index (χ4v) is 15.1. The minimum absolute atomic E-state index is 0.107. The van der Waals surface area contributed by atoms with Gasteiger partial charge in [0, 0.05) is 25.7 Å². The number of unbranched alkanes of at least 4 members (excludes halogenated alkanes) is 50. The van der Waals surface area contributed by atoms with Crippen LogP contribution < -0.4 is 0 Å². The van der Waals surface area contributed by atoms with Gasteiger partial charge in [-0.1, -0.05) is 402 Å². The molecule has 0 aromatic carbocycles. The smallest absolute Gasteiger partial charge is 0.462 e. The number of carbonyl (C=O) groups excluding carboxylic acids is 4. The molecule has 5 atom stereocenters. The summed E-state index contributed by atoms with van der Waals surface area (Å²) >= 11 is 0. The summed E-state index contributed by atoms with van der Waals surface area (Å²) in [4.78, 5) is 73.2. The fourth-order valence-electron chi connectivity index (χ4n) is 13.5. The fraction of sp³-hybridized carbons (Fsp3) is 0.954. The van der Waals surface area contributed by atoms with Crippen molar-refractivity contribution in [3.63, 3.8) is 0 Å². The van der Waals surface area contributed by atoms with Gasteiger partial charge in [-0.15, -0.1) is 0 Å². The maximum atomic E-state index is 13.2. The molecule has 0 aromatic heterocycles. The molecular weight excluding hydrogens is 1380 g/mol. The average molecular weight is 1550 g/mol. The minimum atomic E-state index is -4.97. The van der Waals surface area contributed by atoms with Gasteiger partial charge in [0.2, 0.25) is 0 Å². The molecule has 0 spiro atoms. The van der Waals surface area contributed by atoms with Crippen LogP contribution in [0.2, 0.25) is 0 Å². The van der Waals surface area contributed by atoms with E-state index in [4.69, 9.17) is 37.0 Å². The lowest BCUT2D eigenvalue weighted by molar-refractivity contribution is -0.161. The first kappa shape index (κ1) is 104. The van der Waals surface area contributed by atoms with Crippen molar-refractivity contribution in [1.29, 1.82) is 0 Å². The van der Waals surface area contributed by atoms with Crippen molar-refractivity contribution in [3.05, 3.63) is 0 Å². The monoisotopic (exact) mass is 1550 g/mol. The number of phosphoric ester groups is 2. The molecule has 3 unspecified atom stereocenters. The van der Waals surface area contributed by atoms with E-state index in [9.17, 15) is 43.2 Å². The molecule has 19 heteroatoms. The molecule has 0 rings (SSSR count). The topological polar surface area (TPSA) is 237 Å². The second-order valence-corrected chi connectivity index (χ2v) is 36.1. The van der Waals surface area contributed by atoms with Crippen LogP contribution in [0.15, 0.2) is 0 Å². The van der Waals surface area contributed by atoms with Crippen LogP contribution >= 0.6 is 15.6 Å². The number of esters is 4. The van der Waals surface area contributed by atoms with Crippen molar-refractivity contribution in [2.75, 3.05) is 39.6 Å². The van der Waals surface area contributed by atoms with E-state index < -0.39 is 97.5 Å². The lowest BCUT2D eigenvalue weighted by Crippen LogP contribution is -2.30. The summed E-state index contributed by atoms with van der Waals surface area (Å²) in [5, 5.41) is 10.7. The van der Waals surface area contributed by atoms with Crippen LogP contribution in [0.25, 0.3) is 0 Å². The van der Waals surface area contributed by atoms with Gasteiger partial charge in [0.1, 0.15) is 19.3 Å². The van der Waals surface area contributed by atoms with Gasteiger partial charge >= 0.3 is 39.5 Å². The Bertz CT molecular complexity index is 2060. The predicted octanol–water partition coefficient (Wildman–Crippen LogP) is 26.3. The van der Waals surface area contributed by atoms with Crippen molar-refractivity contribution in [3.8, 4) is 0 Å². The molecule has 17 nitrogen and oxygen atoms in total. The first-order valence-corrected chi connectivity index (χ1v) is 47.7. The van der Waals surface area contributed by atoms with E-state index in [0.29, 0.717) is 31.6 Å². The SMILES string of the molecule is CC(C)CCCCCCCCCCCCCCCCCCCCC(=O)O[C@H](COC(=O)CCCCCCCCCCCCCCCCCC(C)C)COP(=O)(O)OCC(O)COP(=O)(O)OC[C@@H](COC(=O)CCCCCCCCCC(C)C)OC(=O)CCCCCCCCCCCCCCCCC(C)C. The Labute approximate surface area is 651 Å². The summed E-state index contributed by atoms with van der Waals surface area (Å²) in [7, 11) is -9.93. The van der Waals surface area contributed by atoms with Crippen LogP contribution in [-0.4, -0.2) is 96.7 Å². The van der Waals surface area contributed by atoms with E-state index >= 15 is 0 Å². The van der Waals surface area contributed by atoms with Crippen molar-refractivity contribution in [1.82, 2.24) is 0 Å². The van der Waals surface area contributed by atoms with E-state index in [2.05, 4.69) is 55.4 Å². The Kier molecular flexibility index (Phi) is 74.3. The molecule has 106 heavy (non-hydrogen) atoms. The molecule has 0 aliphatic rings. The number of aliphatic hydroxyl groups excluding tert-OH is 1. The number of aliphatic hydroxyl groups is 1. The van der Waals surface area contributed by atoms with Crippen molar-refractivity contribution in [2.24, 2.45) is 23.7 Å². The third-order valence-electron chi connectivity index (χ3n) is 20.3. The lowest BCUT2D eigenvalue weighted by atomic mass is 10.0. The molecule has 3 N–H and O–H groups in total. The molecule has 0 radical (unpaired) electrons. The van der Waals surface area contributed by atoms with Crippen LogP contribution in [-0.2, 0) is 65.4 Å². The average Bonchev–Trinajstić information content (AvgIpc) is 0.912. The molecular formula is C87H170O17P2. The van der Waals surface area contributed by atoms with Gasteiger partial charge in [0.15, 0.2) is 12.2 Å². The molecule has 0 bridgehead atoms. The van der Waals surface area contributed by atoms with Crippen LogP contribution in [0, 0.1) is 23.7 Å². The highest BCUT2D eigenvalue weighted by atomic mass is 31.2. The van der Waals surface area contributed by atoms with Gasteiger partial charge in [0.25, 0.3) is 0 Å². The molecule has 0 heterocycles. The third-order valence-corrected chi connectivity index (χ3v) is 22.2. The predicted molar refractivity (Wildman–Crippen MR) is 437 cm³/mol. The van der Waals surface area contributed by atoms with E-state index in [-0.39, 0.29) is 25.7 Å². The highest BCUT2D eigenvalue weighted by Gasteiger charge is 2.31. The van der Waals surface area contributed by atoms with Crippen LogP contribution in [0.5, 0.6) is 0 Å². The molecule has 0 fully saturated rings. The zero-order chi connectivity index (χ0) is 78.1. The van der Waals surface area contributed by atoms with Crippen molar-refractivity contribution >= 4 is 39.5 Å². The molecule has 630 valence electrons. The highest BCUT2D eigenvalue weighted by Crippen LogP contribution is 2.45. The molecule has 0 aliphatic heterocycles. The van der Waals surface area contributed by atoms with Gasteiger partial charge < -0.3 is 33.8 Å². The number of hydrogen-bond donors (Lipinski definition) is 3. The van der Waals surface area contributed by atoms with Crippen LogP contribution in [0.3, 0.4) is 0 Å². The van der Waals surface area contributed by atoms with Crippen LogP contribution in [0.4, 0.5) is 0 Å². The van der Waals surface area contributed by atoms with Gasteiger partial charge in [-0.25, -0.2) is 9.13 Å². The van der Waals surface area contributed by atoms with Crippen molar-refractivity contribution < 1.29 is 80.2 Å². The summed E-state index contributed by atoms with van der Waals surface area (Å²) in [6.45, 7) is 14.3. The lowest BCUT2D eigenvalue weighted by Gasteiger charge is -2.21. The summed E-state index contributed by atoms with van der Waals surface area (Å²) in [6.07, 6.45) is 65.4. The van der Waals surface area contributed by atoms with Gasteiger partial charge in [-0.2, -0.15) is 0 Å². The maximum absolute atomic E-state index is 13.2. The quantitative estimate of drug-likeness (QED) is 0.0222. The zero-order valence-corrected chi connectivity index (χ0v) is 71.9. The zero-order valence-electron chi connectivity index (χ0n) is 70.1. The van der Waals surface area contributed by atoms with E-state index in [1.807, 2.05) is 0 Å². The third kappa shape index (κ3) is 80.1. The summed E-state index contributed by atoms with van der Waals surface area (Å²) in [5.74, 6) is 1.02. The van der Waals surface area contributed by atoms with E-state index in [0.717, 1.165) is 114 Å². The Morgan fingerprint density at radius 2 is 0.396 bits per heavy atom. The van der Waals surface area contributed by atoms with Crippen molar-refractivity contribution in [2.45, 2.75) is 472 Å². The Hall–Kier alpha value is -1.94. The highest BCUT2D eigenvalue weighted by molar-refractivity contribution is 7.47. The second-order valence-electron chi connectivity index (χ2n) is 33.2. The van der Waals surface area contributed by atoms with Gasteiger partial charge in [-0.3, -0.25) is 37.3 Å². The number of carbonyl (C=O) groups is 4. The first-order chi connectivity index (χ1) is 51.1. The normalized spacial score (nSPS) is 13.9. The Morgan fingerprint density at radius 3 is 0.585 bits per heavy atom. The Morgan fingerprint density at radius 1 is 0.236 bits per heavy atom. The maximum Gasteiger partial charge on any atom is 0.472 e. The van der Waals surface area contributed by atoms with Gasteiger partial charge in [0.05, 0.1) is 26.4 Å². The van der Waals surface area contributed by atoms with Gasteiger partial charge in [-0.05, 0) is 49.4 Å². The number of phosphoric acid groups is 2. The summed E-state index contributed by atoms with van der Waals surface area (Å²) in [5.41, 5.74) is 0. The minimum Gasteiger partial charge on any atom is -0.462 e. The molecule has 0 aliphatic carbocycles. The standard InChI is InChI=1S/C87H170O17P2/c1-77(2)63-55-47-39-32-26-20-14-11-9-10-12-16-24-30-36-44-53-61-69-86(91)103-82(73-97-84(89)67-59-51-43-35-29-23-17-13-15-21-27-33-40-48-56-64-78(3)4)75-101-105(93,94)99-71-81(88)72-100-106(95,96)102-76-83(74-98-85(90)68-60-52-46-38-42-50-58-66-80(7)8)104-87(92)70-62-54-45-37-31-25-19-18-22-28-34-41-49-57-65-79(5)6/h77-83,88H,9-76H2,1-8H3,(H,93,94)(H,95,96)/t81?,82-,83-/m1/s1. The summed E-state index contributed by atoms with van der Waals surface area (Å²) < 4.78 is 68.9. The molecule has 0 amide bonds. The first-order valence-electron chi connectivity index (χ1n) is 44.7. The largest absolute Gasteiger partial charge is 0.472 e.